The average Bonchev–Trinajstić information content (AvgIpc) is 2.83. The van der Waals surface area contributed by atoms with Gasteiger partial charge in [-0.1, -0.05) is 47.5 Å². The molecule has 0 aliphatic carbocycles. The van der Waals surface area contributed by atoms with Crippen LogP contribution in [0.4, 0.5) is 5.69 Å². The van der Waals surface area contributed by atoms with Gasteiger partial charge in [0, 0.05) is 27.7 Å². The number of amides is 1. The predicted octanol–water partition coefficient (Wildman–Crippen LogP) is 3.99. The van der Waals surface area contributed by atoms with Crippen molar-refractivity contribution < 1.29 is 14.3 Å². The summed E-state index contributed by atoms with van der Waals surface area (Å²) in [5.74, 6) is -0.994. The number of nitrogens with one attached hydrogen (secondary N) is 1. The minimum Gasteiger partial charge on any atom is -0.465 e. The molecule has 1 atom stereocenters. The second-order valence-corrected chi connectivity index (χ2v) is 6.38. The van der Waals surface area contributed by atoms with Gasteiger partial charge in [0.15, 0.2) is 5.41 Å². The lowest BCUT2D eigenvalue weighted by molar-refractivity contribution is -0.153. The highest BCUT2D eigenvalue weighted by atomic mass is 35.5. The van der Waals surface area contributed by atoms with Crippen LogP contribution in [0.5, 0.6) is 0 Å². The summed E-state index contributed by atoms with van der Waals surface area (Å²) in [6.45, 7) is 1.89. The van der Waals surface area contributed by atoms with E-state index in [9.17, 15) is 9.59 Å². The number of para-hydroxylation sites is 1. The van der Waals surface area contributed by atoms with Crippen LogP contribution in [0.3, 0.4) is 0 Å². The molecule has 6 heteroatoms. The van der Waals surface area contributed by atoms with Gasteiger partial charge < -0.3 is 10.1 Å². The molecule has 0 fully saturated rings. The first-order chi connectivity index (χ1) is 11.5. The molecule has 0 bridgehead atoms. The summed E-state index contributed by atoms with van der Waals surface area (Å²) >= 11 is 12.2. The SMILES string of the molecule is CCOC(=O)[C@@]1(Cc2ccc(Cl)cc2Cl)C(=O)Nc2ccccc21. The standard InChI is InChI=1S/C18H15Cl2NO3/c1-2-24-17(23)18(10-11-7-8-12(19)9-14(11)20)13-5-3-4-6-15(13)21-16(18)22/h3-9H,2,10H2,1H3,(H,21,22)/t18-/m1/s1. The van der Waals surface area contributed by atoms with Crippen LogP contribution in [-0.2, 0) is 26.2 Å². The molecule has 0 spiro atoms. The van der Waals surface area contributed by atoms with Crippen molar-refractivity contribution in [2.24, 2.45) is 0 Å². The summed E-state index contributed by atoms with van der Waals surface area (Å²) < 4.78 is 5.22. The molecule has 4 nitrogen and oxygen atoms in total. The Labute approximate surface area is 149 Å². The van der Waals surface area contributed by atoms with Crippen LogP contribution < -0.4 is 5.32 Å². The number of carbonyl (C=O) groups is 2. The van der Waals surface area contributed by atoms with E-state index in [0.717, 1.165) is 0 Å². The maximum Gasteiger partial charge on any atom is 0.326 e. The minimum atomic E-state index is -1.45. The van der Waals surface area contributed by atoms with E-state index in [-0.39, 0.29) is 13.0 Å². The molecule has 0 unspecified atom stereocenters. The van der Waals surface area contributed by atoms with E-state index in [2.05, 4.69) is 5.32 Å². The number of rotatable bonds is 4. The van der Waals surface area contributed by atoms with Gasteiger partial charge >= 0.3 is 5.97 Å². The molecule has 0 aromatic heterocycles. The third-order valence-corrected chi connectivity index (χ3v) is 4.70. The van der Waals surface area contributed by atoms with Gasteiger partial charge in [0.05, 0.1) is 6.61 Å². The molecule has 3 rings (SSSR count). The number of esters is 1. The summed E-state index contributed by atoms with van der Waals surface area (Å²) in [6.07, 6.45) is 0.102. The second-order valence-electron chi connectivity index (χ2n) is 5.54. The molecule has 0 saturated carbocycles. The van der Waals surface area contributed by atoms with Crippen molar-refractivity contribution in [1.29, 1.82) is 0 Å². The Morgan fingerprint density at radius 3 is 2.67 bits per heavy atom. The number of hydrogen-bond acceptors (Lipinski definition) is 3. The highest BCUT2D eigenvalue weighted by Crippen LogP contribution is 2.42. The first kappa shape index (κ1) is 16.8. The van der Waals surface area contributed by atoms with Crippen LogP contribution in [-0.4, -0.2) is 18.5 Å². The zero-order valence-electron chi connectivity index (χ0n) is 12.9. The monoisotopic (exact) mass is 363 g/mol. The van der Waals surface area contributed by atoms with Gasteiger partial charge in [0.1, 0.15) is 0 Å². The van der Waals surface area contributed by atoms with Crippen molar-refractivity contribution in [3.05, 3.63) is 63.6 Å². The second kappa shape index (κ2) is 6.46. The zero-order chi connectivity index (χ0) is 17.3. The lowest BCUT2D eigenvalue weighted by atomic mass is 9.76. The molecule has 1 aliphatic heterocycles. The Hall–Kier alpha value is -2.04. The number of halogens is 2. The summed E-state index contributed by atoms with van der Waals surface area (Å²) in [4.78, 5) is 25.5. The number of benzene rings is 2. The molecule has 124 valence electrons. The smallest absolute Gasteiger partial charge is 0.326 e. The van der Waals surface area contributed by atoms with Gasteiger partial charge in [-0.05, 0) is 30.7 Å². The number of ether oxygens (including phenoxy) is 1. The number of carbonyl (C=O) groups excluding carboxylic acids is 2. The molecular weight excluding hydrogens is 349 g/mol. The van der Waals surface area contributed by atoms with Crippen LogP contribution in [0, 0.1) is 0 Å². The first-order valence-electron chi connectivity index (χ1n) is 7.51. The van der Waals surface area contributed by atoms with Crippen molar-refractivity contribution >= 4 is 40.8 Å². The molecule has 2 aromatic carbocycles. The predicted molar refractivity (Wildman–Crippen MR) is 93.5 cm³/mol. The van der Waals surface area contributed by atoms with Crippen molar-refractivity contribution in [2.75, 3.05) is 11.9 Å². The minimum absolute atomic E-state index is 0.102. The summed E-state index contributed by atoms with van der Waals surface area (Å²) in [5, 5.41) is 3.67. The Morgan fingerprint density at radius 1 is 1.21 bits per heavy atom. The van der Waals surface area contributed by atoms with Crippen LogP contribution in [0.2, 0.25) is 10.0 Å². The largest absolute Gasteiger partial charge is 0.465 e. The molecule has 0 saturated heterocycles. The Morgan fingerprint density at radius 2 is 1.96 bits per heavy atom. The zero-order valence-corrected chi connectivity index (χ0v) is 14.4. The van der Waals surface area contributed by atoms with Crippen molar-refractivity contribution in [3.63, 3.8) is 0 Å². The molecular formula is C18H15Cl2NO3. The molecule has 0 radical (unpaired) electrons. The van der Waals surface area contributed by atoms with Gasteiger partial charge in [-0.25, -0.2) is 0 Å². The number of anilines is 1. The van der Waals surface area contributed by atoms with Crippen molar-refractivity contribution in [3.8, 4) is 0 Å². The molecule has 24 heavy (non-hydrogen) atoms. The van der Waals surface area contributed by atoms with Crippen LogP contribution >= 0.6 is 23.2 Å². The number of fused-ring (bicyclic) bond motifs is 1. The topological polar surface area (TPSA) is 55.4 Å². The lowest BCUT2D eigenvalue weighted by Gasteiger charge is -2.25. The van der Waals surface area contributed by atoms with E-state index >= 15 is 0 Å². The molecule has 2 aromatic rings. The van der Waals surface area contributed by atoms with E-state index in [1.165, 1.54) is 0 Å². The Bertz CT molecular complexity index is 822. The fourth-order valence-electron chi connectivity index (χ4n) is 2.97. The van der Waals surface area contributed by atoms with E-state index in [1.54, 1.807) is 49.4 Å². The van der Waals surface area contributed by atoms with Gasteiger partial charge in [0.25, 0.3) is 0 Å². The molecule has 1 aliphatic rings. The first-order valence-corrected chi connectivity index (χ1v) is 8.26. The number of hydrogen-bond donors (Lipinski definition) is 1. The maximum atomic E-state index is 12.8. The Balaban J connectivity index is 2.14. The van der Waals surface area contributed by atoms with E-state index in [1.807, 2.05) is 0 Å². The normalized spacial score (nSPS) is 18.9. The van der Waals surface area contributed by atoms with Gasteiger partial charge in [-0.15, -0.1) is 0 Å². The summed E-state index contributed by atoms with van der Waals surface area (Å²) in [6, 6.07) is 12.1. The van der Waals surface area contributed by atoms with Gasteiger partial charge in [-0.2, -0.15) is 0 Å². The van der Waals surface area contributed by atoms with E-state index in [4.69, 9.17) is 27.9 Å². The summed E-state index contributed by atoms with van der Waals surface area (Å²) in [7, 11) is 0. The Kier molecular flexibility index (Phi) is 4.52. The van der Waals surface area contributed by atoms with Gasteiger partial charge in [0.2, 0.25) is 5.91 Å². The quantitative estimate of drug-likeness (QED) is 0.659. The van der Waals surface area contributed by atoms with Crippen LogP contribution in [0.15, 0.2) is 42.5 Å². The fourth-order valence-corrected chi connectivity index (χ4v) is 3.45. The van der Waals surface area contributed by atoms with Crippen molar-refractivity contribution in [2.45, 2.75) is 18.8 Å². The molecule has 1 amide bonds. The average molecular weight is 364 g/mol. The van der Waals surface area contributed by atoms with E-state index in [0.29, 0.717) is 26.9 Å². The summed E-state index contributed by atoms with van der Waals surface area (Å²) in [5.41, 5.74) is 0.408. The van der Waals surface area contributed by atoms with Crippen LogP contribution in [0.25, 0.3) is 0 Å². The van der Waals surface area contributed by atoms with Crippen molar-refractivity contribution in [1.82, 2.24) is 0 Å². The molecule has 1 N–H and O–H groups in total. The molecule has 1 heterocycles. The third-order valence-electron chi connectivity index (χ3n) is 4.12. The maximum absolute atomic E-state index is 12.8. The lowest BCUT2D eigenvalue weighted by Crippen LogP contribution is -2.45. The van der Waals surface area contributed by atoms with Gasteiger partial charge in [-0.3, -0.25) is 9.59 Å². The van der Waals surface area contributed by atoms with E-state index < -0.39 is 17.3 Å². The highest BCUT2D eigenvalue weighted by Gasteiger charge is 2.54. The fraction of sp³-hybridized carbons (Fsp3) is 0.222. The highest BCUT2D eigenvalue weighted by molar-refractivity contribution is 6.35. The third kappa shape index (κ3) is 2.66. The van der Waals surface area contributed by atoms with Crippen LogP contribution in [0.1, 0.15) is 18.1 Å².